The molecule has 2 N–H and O–H groups in total. The van der Waals surface area contributed by atoms with Crippen LogP contribution in [0.2, 0.25) is 0 Å². The number of hydrogen-bond acceptors (Lipinski definition) is 2. The van der Waals surface area contributed by atoms with Crippen LogP contribution in [-0.2, 0) is 10.2 Å². The minimum Gasteiger partial charge on any atom is -0.481 e. The van der Waals surface area contributed by atoms with Crippen molar-refractivity contribution in [2.24, 2.45) is 0 Å². The fourth-order valence-electron chi connectivity index (χ4n) is 2.97. The Bertz CT molecular complexity index is 408. The molecular formula is C16H23NO2. The molecule has 0 spiro atoms. The number of carboxylic acid groups (broad SMARTS) is 1. The monoisotopic (exact) mass is 261 g/mol. The van der Waals surface area contributed by atoms with Gasteiger partial charge in [0, 0.05) is 12.6 Å². The van der Waals surface area contributed by atoms with E-state index in [1.165, 1.54) is 18.4 Å². The van der Waals surface area contributed by atoms with Crippen molar-refractivity contribution >= 4 is 5.97 Å². The Morgan fingerprint density at radius 1 is 1.32 bits per heavy atom. The fourth-order valence-corrected chi connectivity index (χ4v) is 2.97. The second kappa shape index (κ2) is 6.20. The minimum atomic E-state index is -0.725. The van der Waals surface area contributed by atoms with Gasteiger partial charge in [-0.3, -0.25) is 4.79 Å². The van der Waals surface area contributed by atoms with Crippen LogP contribution in [0.15, 0.2) is 30.3 Å². The highest BCUT2D eigenvalue weighted by atomic mass is 16.4. The van der Waals surface area contributed by atoms with Crippen LogP contribution >= 0.6 is 0 Å². The van der Waals surface area contributed by atoms with Gasteiger partial charge in [-0.15, -0.1) is 0 Å². The lowest BCUT2D eigenvalue weighted by Gasteiger charge is -2.38. The number of nitrogens with one attached hydrogen (secondary N) is 1. The van der Waals surface area contributed by atoms with Crippen molar-refractivity contribution in [3.05, 3.63) is 35.9 Å². The summed E-state index contributed by atoms with van der Waals surface area (Å²) < 4.78 is 0. The van der Waals surface area contributed by atoms with Crippen LogP contribution in [0.1, 0.15) is 44.6 Å². The molecule has 0 unspecified atom stereocenters. The predicted octanol–water partition coefficient (Wildman–Crippen LogP) is 2.95. The van der Waals surface area contributed by atoms with E-state index in [1.54, 1.807) is 0 Å². The maximum atomic E-state index is 10.5. The third-order valence-electron chi connectivity index (χ3n) is 4.33. The van der Waals surface area contributed by atoms with Crippen LogP contribution in [0.3, 0.4) is 0 Å². The fraction of sp³-hybridized carbons (Fsp3) is 0.562. The largest absolute Gasteiger partial charge is 0.481 e. The van der Waals surface area contributed by atoms with E-state index < -0.39 is 5.97 Å². The standard InChI is InChI=1S/C16H23NO2/c1-16(13-5-3-2-4-6-13)10-7-14(8-11-16)17-12-9-15(18)19/h2-6,14,17H,7-12H2,1H3,(H,18,19). The van der Waals surface area contributed by atoms with Crippen molar-refractivity contribution in [1.82, 2.24) is 5.32 Å². The van der Waals surface area contributed by atoms with Gasteiger partial charge in [0.05, 0.1) is 6.42 Å². The molecule has 0 heterocycles. The first kappa shape index (κ1) is 14.1. The third kappa shape index (κ3) is 3.80. The zero-order valence-electron chi connectivity index (χ0n) is 11.6. The average Bonchev–Trinajstić information content (AvgIpc) is 2.42. The van der Waals surface area contributed by atoms with Crippen LogP contribution in [0, 0.1) is 0 Å². The third-order valence-corrected chi connectivity index (χ3v) is 4.33. The zero-order valence-corrected chi connectivity index (χ0v) is 11.6. The van der Waals surface area contributed by atoms with Crippen molar-refractivity contribution in [3.8, 4) is 0 Å². The molecule has 2 rings (SSSR count). The van der Waals surface area contributed by atoms with Crippen LogP contribution in [0.5, 0.6) is 0 Å². The normalized spacial score (nSPS) is 27.1. The summed E-state index contributed by atoms with van der Waals surface area (Å²) in [5.41, 5.74) is 1.71. The summed E-state index contributed by atoms with van der Waals surface area (Å²) in [5, 5.41) is 12.0. The van der Waals surface area contributed by atoms with E-state index in [4.69, 9.17) is 5.11 Å². The molecule has 0 aromatic heterocycles. The molecule has 3 heteroatoms. The van der Waals surface area contributed by atoms with E-state index in [-0.39, 0.29) is 11.8 Å². The summed E-state index contributed by atoms with van der Waals surface area (Å²) in [6.07, 6.45) is 4.81. The van der Waals surface area contributed by atoms with E-state index in [0.717, 1.165) is 12.8 Å². The van der Waals surface area contributed by atoms with Gasteiger partial charge >= 0.3 is 5.97 Å². The molecular weight excluding hydrogens is 238 g/mol. The van der Waals surface area contributed by atoms with Crippen molar-refractivity contribution in [3.63, 3.8) is 0 Å². The molecule has 0 radical (unpaired) electrons. The van der Waals surface area contributed by atoms with Crippen LogP contribution in [0.4, 0.5) is 0 Å². The molecule has 1 aliphatic carbocycles. The molecule has 3 nitrogen and oxygen atoms in total. The van der Waals surface area contributed by atoms with Crippen molar-refractivity contribution in [2.45, 2.75) is 50.5 Å². The molecule has 104 valence electrons. The lowest BCUT2D eigenvalue weighted by Crippen LogP contribution is -2.39. The first-order chi connectivity index (χ1) is 9.10. The summed E-state index contributed by atoms with van der Waals surface area (Å²) in [6, 6.07) is 11.2. The molecule has 1 saturated carbocycles. The number of carbonyl (C=O) groups is 1. The molecule has 1 aromatic carbocycles. The first-order valence-corrected chi connectivity index (χ1v) is 7.11. The van der Waals surface area contributed by atoms with Gasteiger partial charge < -0.3 is 10.4 Å². The highest BCUT2D eigenvalue weighted by Gasteiger charge is 2.32. The Morgan fingerprint density at radius 2 is 1.95 bits per heavy atom. The smallest absolute Gasteiger partial charge is 0.304 e. The summed E-state index contributed by atoms with van der Waals surface area (Å²) in [7, 11) is 0. The van der Waals surface area contributed by atoms with Gasteiger partial charge in [0.1, 0.15) is 0 Å². The predicted molar refractivity (Wildman–Crippen MR) is 76.3 cm³/mol. The molecule has 1 fully saturated rings. The van der Waals surface area contributed by atoms with Gasteiger partial charge in [0.25, 0.3) is 0 Å². The van der Waals surface area contributed by atoms with Gasteiger partial charge in [-0.05, 0) is 36.7 Å². The van der Waals surface area contributed by atoms with E-state index in [0.29, 0.717) is 12.6 Å². The number of carboxylic acids is 1. The molecule has 1 aromatic rings. The van der Waals surface area contributed by atoms with Crippen LogP contribution in [0.25, 0.3) is 0 Å². The van der Waals surface area contributed by atoms with Crippen LogP contribution < -0.4 is 5.32 Å². The summed E-state index contributed by atoms with van der Waals surface area (Å²) in [4.78, 5) is 10.5. The summed E-state index contributed by atoms with van der Waals surface area (Å²) in [6.45, 7) is 2.93. The Morgan fingerprint density at radius 3 is 2.53 bits per heavy atom. The van der Waals surface area contributed by atoms with Gasteiger partial charge in [-0.1, -0.05) is 37.3 Å². The van der Waals surface area contributed by atoms with Gasteiger partial charge in [-0.2, -0.15) is 0 Å². The Labute approximate surface area is 115 Å². The van der Waals surface area contributed by atoms with Gasteiger partial charge in [0.15, 0.2) is 0 Å². The lowest BCUT2D eigenvalue weighted by atomic mass is 9.69. The van der Waals surface area contributed by atoms with E-state index >= 15 is 0 Å². The topological polar surface area (TPSA) is 49.3 Å². The summed E-state index contributed by atoms with van der Waals surface area (Å²) in [5.74, 6) is -0.725. The Hall–Kier alpha value is -1.35. The first-order valence-electron chi connectivity index (χ1n) is 7.11. The average molecular weight is 261 g/mol. The van der Waals surface area contributed by atoms with Crippen molar-refractivity contribution < 1.29 is 9.90 Å². The molecule has 0 aliphatic heterocycles. The van der Waals surface area contributed by atoms with E-state index in [9.17, 15) is 4.79 Å². The molecule has 0 saturated heterocycles. The Balaban J connectivity index is 1.83. The number of benzene rings is 1. The zero-order chi connectivity index (χ0) is 13.7. The molecule has 1 aliphatic rings. The van der Waals surface area contributed by atoms with E-state index in [2.05, 4.69) is 42.6 Å². The SMILES string of the molecule is CC1(c2ccccc2)CCC(NCCC(=O)O)CC1. The van der Waals surface area contributed by atoms with Crippen molar-refractivity contribution in [2.75, 3.05) is 6.54 Å². The van der Waals surface area contributed by atoms with Crippen LogP contribution in [-0.4, -0.2) is 23.7 Å². The second-order valence-corrected chi connectivity index (χ2v) is 5.80. The number of rotatable bonds is 5. The summed E-state index contributed by atoms with van der Waals surface area (Å²) >= 11 is 0. The Kier molecular flexibility index (Phi) is 4.59. The number of aliphatic carboxylic acids is 1. The maximum absolute atomic E-state index is 10.5. The van der Waals surface area contributed by atoms with E-state index in [1.807, 2.05) is 0 Å². The molecule has 0 amide bonds. The number of hydrogen-bond donors (Lipinski definition) is 2. The highest BCUT2D eigenvalue weighted by molar-refractivity contribution is 5.66. The highest BCUT2D eigenvalue weighted by Crippen LogP contribution is 2.38. The maximum Gasteiger partial charge on any atom is 0.304 e. The molecule has 0 atom stereocenters. The van der Waals surface area contributed by atoms with Crippen molar-refractivity contribution in [1.29, 1.82) is 0 Å². The molecule has 0 bridgehead atoms. The molecule has 19 heavy (non-hydrogen) atoms. The lowest BCUT2D eigenvalue weighted by molar-refractivity contribution is -0.136. The van der Waals surface area contributed by atoms with Gasteiger partial charge in [0.2, 0.25) is 0 Å². The minimum absolute atomic E-state index is 0.215. The quantitative estimate of drug-likeness (QED) is 0.856. The van der Waals surface area contributed by atoms with Gasteiger partial charge in [-0.25, -0.2) is 0 Å². The second-order valence-electron chi connectivity index (χ2n) is 5.80.